The summed E-state index contributed by atoms with van der Waals surface area (Å²) in [5.74, 6) is -0.1000. The molecule has 1 atom stereocenters. The zero-order valence-electron chi connectivity index (χ0n) is 7.40. The molecule has 0 aromatic rings. The Morgan fingerprint density at radius 3 is 2.08 bits per heavy atom. The smallest absolute Gasteiger partial charge is 0.320 e. The van der Waals surface area contributed by atoms with Gasteiger partial charge >= 0.3 is 12.0 Å². The first-order valence-electron chi connectivity index (χ1n) is 3.44. The predicted molar refractivity (Wildman–Crippen MR) is 52.4 cm³/mol. The third-order valence-corrected chi connectivity index (χ3v) is 1.59. The second-order valence-electron chi connectivity index (χ2n) is 2.13. The number of carboxylic acids is 1. The molecule has 2 amide bonds. The summed E-state index contributed by atoms with van der Waals surface area (Å²) in [4.78, 5) is 19.1. The topological polar surface area (TPSA) is 132 Å². The maximum atomic E-state index is 10.1. The van der Waals surface area contributed by atoms with Gasteiger partial charge in [0.1, 0.15) is 6.04 Å². The van der Waals surface area contributed by atoms with Crippen LogP contribution in [0.5, 0.6) is 0 Å². The number of hydrogen-bond donors (Lipinski definition) is 4. The van der Waals surface area contributed by atoms with E-state index in [1.807, 2.05) is 6.26 Å². The Hall–Kier alpha value is -0.950. The standard InChI is InChI=1S/C5H11NO2S.CH4N2O/c1-9-3-2-4(6)5(7)8;2-1(3)4/h4H,2-3,6H2,1H3,(H,7,8);(H4,2,3,4). The average molecular weight is 209 g/mol. The van der Waals surface area contributed by atoms with E-state index < -0.39 is 18.0 Å². The summed E-state index contributed by atoms with van der Waals surface area (Å²) in [5.41, 5.74) is 13.7. The van der Waals surface area contributed by atoms with Crippen molar-refractivity contribution in [1.29, 1.82) is 0 Å². The van der Waals surface area contributed by atoms with Crippen LogP contribution in [-0.4, -0.2) is 35.2 Å². The Bertz CT molecular complexity index is 161. The first kappa shape index (κ1) is 14.6. The molecule has 0 aliphatic rings. The average Bonchev–Trinajstić information content (AvgIpc) is 1.98. The summed E-state index contributed by atoms with van der Waals surface area (Å²) in [6, 6.07) is -1.52. The molecule has 0 heterocycles. The van der Waals surface area contributed by atoms with Crippen molar-refractivity contribution in [2.24, 2.45) is 17.2 Å². The number of hydrogen-bond acceptors (Lipinski definition) is 4. The van der Waals surface area contributed by atoms with E-state index in [9.17, 15) is 4.79 Å². The molecule has 78 valence electrons. The fourth-order valence-corrected chi connectivity index (χ4v) is 0.858. The molecule has 0 aliphatic carbocycles. The molecule has 7 N–H and O–H groups in total. The molecule has 13 heavy (non-hydrogen) atoms. The molecule has 0 aromatic carbocycles. The van der Waals surface area contributed by atoms with E-state index in [1.54, 1.807) is 11.8 Å². The van der Waals surface area contributed by atoms with Crippen LogP contribution in [0.15, 0.2) is 0 Å². The van der Waals surface area contributed by atoms with E-state index in [2.05, 4.69) is 11.5 Å². The predicted octanol–water partition coefficient (Wildman–Crippen LogP) is -0.825. The van der Waals surface area contributed by atoms with Crippen LogP contribution >= 0.6 is 11.8 Å². The minimum atomic E-state index is -0.913. The zero-order valence-corrected chi connectivity index (χ0v) is 8.21. The lowest BCUT2D eigenvalue weighted by molar-refractivity contribution is -0.138. The number of carboxylic acid groups (broad SMARTS) is 1. The van der Waals surface area contributed by atoms with Gasteiger partial charge < -0.3 is 22.3 Å². The quantitative estimate of drug-likeness (QED) is 0.480. The molecule has 0 radical (unpaired) electrons. The van der Waals surface area contributed by atoms with Crippen molar-refractivity contribution in [2.75, 3.05) is 12.0 Å². The summed E-state index contributed by atoms with van der Waals surface area (Å²) < 4.78 is 0. The van der Waals surface area contributed by atoms with Crippen molar-refractivity contribution < 1.29 is 14.7 Å². The normalized spacial score (nSPS) is 10.9. The third-order valence-electron chi connectivity index (χ3n) is 0.950. The highest BCUT2D eigenvalue weighted by Gasteiger charge is 2.08. The first-order chi connectivity index (χ1) is 5.91. The van der Waals surface area contributed by atoms with E-state index in [4.69, 9.17) is 15.6 Å². The molecule has 0 bridgehead atoms. The number of rotatable bonds is 4. The van der Waals surface area contributed by atoms with Gasteiger partial charge in [-0.2, -0.15) is 11.8 Å². The minimum Gasteiger partial charge on any atom is -0.480 e. The van der Waals surface area contributed by atoms with Gasteiger partial charge in [-0.25, -0.2) is 4.79 Å². The molecule has 0 saturated heterocycles. The SMILES string of the molecule is CSCCC(N)C(=O)O.NC(N)=O. The van der Waals surface area contributed by atoms with Crippen molar-refractivity contribution in [3.05, 3.63) is 0 Å². The highest BCUT2D eigenvalue weighted by molar-refractivity contribution is 7.98. The molecule has 0 saturated carbocycles. The third kappa shape index (κ3) is 18.2. The van der Waals surface area contributed by atoms with Crippen LogP contribution in [0.1, 0.15) is 6.42 Å². The first-order valence-corrected chi connectivity index (χ1v) is 4.83. The van der Waals surface area contributed by atoms with Gasteiger partial charge in [-0.1, -0.05) is 0 Å². The van der Waals surface area contributed by atoms with E-state index in [1.165, 1.54) is 0 Å². The van der Waals surface area contributed by atoms with Crippen LogP contribution in [0.4, 0.5) is 4.79 Å². The molecular formula is C6H15N3O3S. The van der Waals surface area contributed by atoms with Gasteiger partial charge in [0.2, 0.25) is 0 Å². The number of amides is 2. The number of nitrogens with two attached hydrogens (primary N) is 3. The maximum absolute atomic E-state index is 10.1. The number of aliphatic carboxylic acids is 1. The Labute approximate surface area is 80.8 Å². The monoisotopic (exact) mass is 209 g/mol. The Kier molecular flexibility index (Phi) is 10.2. The van der Waals surface area contributed by atoms with E-state index in [0.29, 0.717) is 6.42 Å². The van der Waals surface area contributed by atoms with Crippen molar-refractivity contribution >= 4 is 23.8 Å². The van der Waals surface area contributed by atoms with Gasteiger partial charge in [-0.15, -0.1) is 0 Å². The summed E-state index contributed by atoms with van der Waals surface area (Å²) >= 11 is 1.60. The highest BCUT2D eigenvalue weighted by Crippen LogP contribution is 1.97. The van der Waals surface area contributed by atoms with Crippen molar-refractivity contribution in [3.63, 3.8) is 0 Å². The lowest BCUT2D eigenvalue weighted by Gasteiger charge is -2.02. The maximum Gasteiger partial charge on any atom is 0.320 e. The molecule has 7 heteroatoms. The van der Waals surface area contributed by atoms with Gasteiger partial charge in [-0.05, 0) is 18.4 Å². The highest BCUT2D eigenvalue weighted by atomic mass is 32.2. The number of thioether (sulfide) groups is 1. The van der Waals surface area contributed by atoms with Crippen LogP contribution in [0, 0.1) is 0 Å². The number of carbonyl (C=O) groups is 2. The van der Waals surface area contributed by atoms with Gasteiger partial charge in [-0.3, -0.25) is 4.79 Å². The second kappa shape index (κ2) is 9.14. The molecule has 0 aliphatic heterocycles. The van der Waals surface area contributed by atoms with E-state index in [-0.39, 0.29) is 0 Å². The molecule has 1 unspecified atom stereocenters. The van der Waals surface area contributed by atoms with E-state index in [0.717, 1.165) is 5.75 Å². The molecule has 0 spiro atoms. The summed E-state index contributed by atoms with van der Waals surface area (Å²) in [7, 11) is 0. The molecule has 0 aromatic heterocycles. The largest absolute Gasteiger partial charge is 0.480 e. The number of urea groups is 1. The minimum absolute atomic E-state index is 0.552. The van der Waals surface area contributed by atoms with Crippen LogP contribution in [0.2, 0.25) is 0 Å². The molecule has 0 fully saturated rings. The fraction of sp³-hybridized carbons (Fsp3) is 0.667. The van der Waals surface area contributed by atoms with Crippen LogP contribution in [0.3, 0.4) is 0 Å². The van der Waals surface area contributed by atoms with Gasteiger partial charge in [0, 0.05) is 0 Å². The Morgan fingerprint density at radius 1 is 1.46 bits per heavy atom. The lowest BCUT2D eigenvalue weighted by atomic mass is 10.2. The number of primary amides is 2. The van der Waals surface area contributed by atoms with Gasteiger partial charge in [0.15, 0.2) is 0 Å². The molecule has 0 rings (SSSR count). The second-order valence-corrected chi connectivity index (χ2v) is 3.11. The van der Waals surface area contributed by atoms with E-state index >= 15 is 0 Å². The Balaban J connectivity index is 0. The van der Waals surface area contributed by atoms with Gasteiger partial charge in [0.05, 0.1) is 0 Å². The molecular weight excluding hydrogens is 194 g/mol. The molecule has 6 nitrogen and oxygen atoms in total. The fourth-order valence-electron chi connectivity index (χ4n) is 0.368. The van der Waals surface area contributed by atoms with Crippen molar-refractivity contribution in [1.82, 2.24) is 0 Å². The number of carbonyl (C=O) groups excluding carboxylic acids is 1. The lowest BCUT2D eigenvalue weighted by Crippen LogP contribution is -2.30. The van der Waals surface area contributed by atoms with Crippen LogP contribution < -0.4 is 17.2 Å². The van der Waals surface area contributed by atoms with Crippen molar-refractivity contribution in [3.8, 4) is 0 Å². The zero-order chi connectivity index (χ0) is 10.9. The summed E-state index contributed by atoms with van der Waals surface area (Å²) in [5, 5.41) is 8.27. The van der Waals surface area contributed by atoms with Crippen LogP contribution in [0.25, 0.3) is 0 Å². The Morgan fingerprint density at radius 2 is 1.85 bits per heavy atom. The van der Waals surface area contributed by atoms with Gasteiger partial charge in [0.25, 0.3) is 0 Å². The summed E-state index contributed by atoms with van der Waals surface area (Å²) in [6.45, 7) is 0. The van der Waals surface area contributed by atoms with Crippen LogP contribution in [-0.2, 0) is 4.79 Å². The summed E-state index contributed by atoms with van der Waals surface area (Å²) in [6.07, 6.45) is 2.48. The van der Waals surface area contributed by atoms with Crippen molar-refractivity contribution in [2.45, 2.75) is 12.5 Å².